The normalized spacial score (nSPS) is 13.2. The predicted molar refractivity (Wildman–Crippen MR) is 170 cm³/mol. The predicted octanol–water partition coefficient (Wildman–Crippen LogP) is 6.40. The number of nitrogens with zero attached hydrogens (tertiary/aromatic N) is 3. The summed E-state index contributed by atoms with van der Waals surface area (Å²) in [7, 11) is -2.68. The van der Waals surface area contributed by atoms with Gasteiger partial charge in [-0.2, -0.15) is 5.10 Å². The number of carboxylic acids is 1. The molecule has 1 fully saturated rings. The van der Waals surface area contributed by atoms with Gasteiger partial charge in [0.2, 0.25) is 15.2 Å². The number of halogens is 2. The van der Waals surface area contributed by atoms with Gasteiger partial charge in [0.25, 0.3) is 0 Å². The molecule has 13 heteroatoms. The van der Waals surface area contributed by atoms with Crippen LogP contribution >= 0.6 is 11.3 Å². The number of hydrogen-bond acceptors (Lipinski definition) is 7. The number of aromatic carboxylic acids is 1. The largest absolute Gasteiger partial charge is 0.496 e. The lowest BCUT2D eigenvalue weighted by molar-refractivity contribution is 0.0691. The van der Waals surface area contributed by atoms with Crippen molar-refractivity contribution < 1.29 is 31.8 Å². The highest BCUT2D eigenvalue weighted by Gasteiger charge is 2.30. The van der Waals surface area contributed by atoms with Crippen LogP contribution in [0.15, 0.2) is 64.9 Å². The highest BCUT2D eigenvalue weighted by atomic mass is 32.2. The van der Waals surface area contributed by atoms with E-state index in [0.29, 0.717) is 63.2 Å². The molecular formula is C33H30F2N4O5S2. The number of aromatic nitrogens is 3. The Balaban J connectivity index is 1.54. The Morgan fingerprint density at radius 3 is 2.48 bits per heavy atom. The van der Waals surface area contributed by atoms with E-state index in [4.69, 9.17) is 15.0 Å². The highest BCUT2D eigenvalue weighted by molar-refractivity contribution is 7.89. The molecule has 3 N–H and O–H groups in total. The Morgan fingerprint density at radius 1 is 1.09 bits per heavy atom. The van der Waals surface area contributed by atoms with Crippen LogP contribution in [0.4, 0.5) is 8.78 Å². The molecule has 9 nitrogen and oxygen atoms in total. The third-order valence-electron chi connectivity index (χ3n) is 8.06. The average molecular weight is 665 g/mol. The van der Waals surface area contributed by atoms with E-state index in [1.54, 1.807) is 36.1 Å². The molecule has 0 unspecified atom stereocenters. The minimum atomic E-state index is -4.26. The van der Waals surface area contributed by atoms with Gasteiger partial charge in [0.15, 0.2) is 5.69 Å². The quantitative estimate of drug-likeness (QED) is 0.167. The molecule has 1 aliphatic carbocycles. The second-order valence-electron chi connectivity index (χ2n) is 11.2. The van der Waals surface area contributed by atoms with Crippen molar-refractivity contribution in [2.75, 3.05) is 7.11 Å². The van der Waals surface area contributed by atoms with E-state index in [-0.39, 0.29) is 12.1 Å². The van der Waals surface area contributed by atoms with Crippen molar-refractivity contribution in [3.63, 3.8) is 0 Å². The molecule has 0 amide bonds. The lowest BCUT2D eigenvalue weighted by atomic mass is 9.94. The van der Waals surface area contributed by atoms with Crippen molar-refractivity contribution >= 4 is 27.3 Å². The van der Waals surface area contributed by atoms with Crippen LogP contribution in [-0.2, 0) is 29.3 Å². The summed E-state index contributed by atoms with van der Waals surface area (Å²) in [6.45, 7) is 1.99. The molecule has 2 heterocycles. The van der Waals surface area contributed by atoms with E-state index in [2.05, 4.69) is 4.98 Å². The van der Waals surface area contributed by atoms with Gasteiger partial charge in [-0.25, -0.2) is 36.8 Å². The van der Waals surface area contributed by atoms with Crippen LogP contribution in [0.5, 0.6) is 5.75 Å². The maximum Gasteiger partial charge on any atom is 0.355 e. The SMILES string of the molecule is CCc1cc(-c2cc(-c3nn(-c4nc(C(=O)O)cs4)c(CC4CC4)c3Cc3ccc(S(N)(=O)=O)c(F)c3)ccc2F)ccc1OC. The molecule has 0 atom stereocenters. The summed E-state index contributed by atoms with van der Waals surface area (Å²) in [5, 5.41) is 21.4. The first-order valence-corrected chi connectivity index (χ1v) is 17.0. The van der Waals surface area contributed by atoms with Gasteiger partial charge < -0.3 is 9.84 Å². The summed E-state index contributed by atoms with van der Waals surface area (Å²) in [5.74, 6) is -1.49. The van der Waals surface area contributed by atoms with Crippen LogP contribution in [0, 0.1) is 17.6 Å². The number of methoxy groups -OCH3 is 1. The number of carboxylic acid groups (broad SMARTS) is 1. The Kier molecular flexibility index (Phi) is 8.49. The number of ether oxygens (including phenoxy) is 1. The third kappa shape index (κ3) is 6.30. The first kappa shape index (κ1) is 31.5. The van der Waals surface area contributed by atoms with E-state index in [9.17, 15) is 22.7 Å². The van der Waals surface area contributed by atoms with Crippen molar-refractivity contribution in [1.82, 2.24) is 14.8 Å². The Labute approximate surface area is 268 Å². The minimum absolute atomic E-state index is 0.119. The molecule has 46 heavy (non-hydrogen) atoms. The van der Waals surface area contributed by atoms with Gasteiger partial charge in [-0.1, -0.05) is 19.1 Å². The number of benzene rings is 3. The number of sulfonamides is 1. The first-order chi connectivity index (χ1) is 22.0. The van der Waals surface area contributed by atoms with Crippen LogP contribution < -0.4 is 9.88 Å². The highest BCUT2D eigenvalue weighted by Crippen LogP contribution is 2.39. The second-order valence-corrected chi connectivity index (χ2v) is 13.6. The number of aryl methyl sites for hydroxylation is 1. The molecule has 0 spiro atoms. The number of carbonyl (C=O) groups is 1. The summed E-state index contributed by atoms with van der Waals surface area (Å²) in [6.07, 6.45) is 3.46. The molecule has 3 aromatic carbocycles. The zero-order valence-electron chi connectivity index (χ0n) is 25.0. The molecule has 238 valence electrons. The fourth-order valence-corrected chi connectivity index (χ4v) is 6.89. The molecule has 0 bridgehead atoms. The number of hydrogen-bond donors (Lipinski definition) is 2. The molecule has 0 aliphatic heterocycles. The molecular weight excluding hydrogens is 635 g/mol. The second kappa shape index (κ2) is 12.4. The topological polar surface area (TPSA) is 137 Å². The van der Waals surface area contributed by atoms with E-state index in [1.807, 2.05) is 13.0 Å². The van der Waals surface area contributed by atoms with Gasteiger partial charge in [0.1, 0.15) is 22.3 Å². The summed E-state index contributed by atoms with van der Waals surface area (Å²) < 4.78 is 61.1. The Hall–Kier alpha value is -4.46. The third-order valence-corrected chi connectivity index (χ3v) is 9.82. The lowest BCUT2D eigenvalue weighted by Gasteiger charge is -2.12. The molecule has 1 saturated carbocycles. The Bertz CT molecular complexity index is 2090. The van der Waals surface area contributed by atoms with E-state index in [1.165, 1.54) is 17.5 Å². The molecule has 6 rings (SSSR count). The van der Waals surface area contributed by atoms with Crippen molar-refractivity contribution in [2.24, 2.45) is 11.1 Å². The van der Waals surface area contributed by atoms with E-state index >= 15 is 4.39 Å². The maximum absolute atomic E-state index is 15.4. The molecule has 0 saturated heterocycles. The summed E-state index contributed by atoms with van der Waals surface area (Å²) in [4.78, 5) is 15.3. The number of primary sulfonamides is 1. The van der Waals surface area contributed by atoms with E-state index < -0.39 is 32.5 Å². The fourth-order valence-electron chi connectivity index (χ4n) is 5.53. The maximum atomic E-state index is 15.4. The molecule has 0 radical (unpaired) electrons. The van der Waals surface area contributed by atoms with Crippen LogP contribution in [0.1, 0.15) is 52.6 Å². The zero-order valence-corrected chi connectivity index (χ0v) is 26.6. The van der Waals surface area contributed by atoms with Gasteiger partial charge in [-0.3, -0.25) is 0 Å². The fraction of sp³-hybridized carbons (Fsp3) is 0.242. The average Bonchev–Trinajstić information content (AvgIpc) is 3.58. The van der Waals surface area contributed by atoms with Gasteiger partial charge in [-0.05, 0) is 90.8 Å². The summed E-state index contributed by atoms with van der Waals surface area (Å²) >= 11 is 1.13. The lowest BCUT2D eigenvalue weighted by Crippen LogP contribution is -2.14. The molecule has 2 aromatic heterocycles. The summed E-state index contributed by atoms with van der Waals surface area (Å²) in [5.41, 5.74) is 4.84. The van der Waals surface area contributed by atoms with Crippen molar-refractivity contribution in [1.29, 1.82) is 0 Å². The van der Waals surface area contributed by atoms with Crippen LogP contribution in [0.25, 0.3) is 27.5 Å². The van der Waals surface area contributed by atoms with Gasteiger partial charge in [0, 0.05) is 28.5 Å². The van der Waals surface area contributed by atoms with Crippen LogP contribution in [0.3, 0.4) is 0 Å². The first-order valence-electron chi connectivity index (χ1n) is 14.5. The van der Waals surface area contributed by atoms with Crippen LogP contribution in [0.2, 0.25) is 0 Å². The molecule has 5 aromatic rings. The number of nitrogens with two attached hydrogens (primary N) is 1. The van der Waals surface area contributed by atoms with Gasteiger partial charge in [0.05, 0.1) is 18.5 Å². The van der Waals surface area contributed by atoms with Crippen molar-refractivity contribution in [3.8, 4) is 33.3 Å². The Morgan fingerprint density at radius 2 is 1.85 bits per heavy atom. The standard InChI is InChI=1S/C33H30F2N4O5S2/c1-3-20-15-21(8-10-29(20)44-2)23-16-22(7-9-25(23)34)31-24(12-19-6-11-30(26(35)13-19)46(36,42)43)28(14-18-4-5-18)39(38-31)33-37-27(17-45-33)32(40)41/h6-11,13,15-18H,3-5,12,14H2,1-2H3,(H,40,41)(H2,36,42,43). The monoisotopic (exact) mass is 664 g/mol. The smallest absolute Gasteiger partial charge is 0.355 e. The zero-order chi connectivity index (χ0) is 32.7. The van der Waals surface area contributed by atoms with Crippen molar-refractivity contribution in [2.45, 2.75) is 43.9 Å². The van der Waals surface area contributed by atoms with Gasteiger partial charge in [-0.15, -0.1) is 11.3 Å². The molecule has 1 aliphatic rings. The van der Waals surface area contributed by atoms with E-state index in [0.717, 1.165) is 47.6 Å². The summed E-state index contributed by atoms with van der Waals surface area (Å²) in [6, 6.07) is 13.9. The van der Waals surface area contributed by atoms with Crippen molar-refractivity contribution in [3.05, 3.63) is 99.7 Å². The minimum Gasteiger partial charge on any atom is -0.496 e. The van der Waals surface area contributed by atoms with Crippen LogP contribution in [-0.4, -0.2) is 41.4 Å². The number of thiazole rings is 1. The van der Waals surface area contributed by atoms with Gasteiger partial charge >= 0.3 is 5.97 Å². The number of rotatable bonds is 11.